The summed E-state index contributed by atoms with van der Waals surface area (Å²) < 4.78 is 10.9. The molecule has 3 rings (SSSR count). The van der Waals surface area contributed by atoms with Gasteiger partial charge in [-0.25, -0.2) is 4.98 Å². The molecule has 0 fully saturated rings. The van der Waals surface area contributed by atoms with Crippen LogP contribution in [0, 0.1) is 6.92 Å². The van der Waals surface area contributed by atoms with Crippen molar-refractivity contribution in [1.82, 2.24) is 10.3 Å². The first-order valence-electron chi connectivity index (χ1n) is 7.34. The van der Waals surface area contributed by atoms with Gasteiger partial charge in [0.2, 0.25) is 0 Å². The van der Waals surface area contributed by atoms with Crippen molar-refractivity contribution in [2.24, 2.45) is 0 Å². The van der Waals surface area contributed by atoms with Crippen LogP contribution < -0.4 is 5.32 Å². The minimum Gasteiger partial charge on any atom is -0.459 e. The smallest absolute Gasteiger partial charge is 0.263 e. The Hall–Kier alpha value is -2.18. The summed E-state index contributed by atoms with van der Waals surface area (Å²) in [7, 11) is 1.63. The molecule has 0 aliphatic rings. The zero-order chi connectivity index (χ0) is 16.4. The van der Waals surface area contributed by atoms with Crippen molar-refractivity contribution in [2.45, 2.75) is 26.5 Å². The van der Waals surface area contributed by atoms with Crippen LogP contribution in [0.15, 0.2) is 34.7 Å². The number of hydrogen-bond acceptors (Lipinski definition) is 5. The largest absolute Gasteiger partial charge is 0.459 e. The highest BCUT2D eigenvalue weighted by Gasteiger charge is 2.18. The number of carbonyl (C=O) groups is 1. The fourth-order valence-electron chi connectivity index (χ4n) is 2.27. The standard InChI is InChI=1S/C17H18N2O3S/c1-10-15(23-17(19-10)11(2)21-3)16(20)18-9-13-8-12-6-4-5-7-14(12)22-13/h4-8,11H,9H2,1-3H3,(H,18,20)/t11-/m1/s1. The number of hydrogen-bond donors (Lipinski definition) is 1. The molecule has 0 aliphatic carbocycles. The van der Waals surface area contributed by atoms with E-state index in [4.69, 9.17) is 9.15 Å². The number of nitrogens with zero attached hydrogens (tertiary/aromatic N) is 1. The van der Waals surface area contributed by atoms with Crippen LogP contribution in [0.2, 0.25) is 0 Å². The normalized spacial score (nSPS) is 12.5. The van der Waals surface area contributed by atoms with E-state index in [9.17, 15) is 4.79 Å². The maximum atomic E-state index is 12.4. The number of nitrogens with one attached hydrogen (secondary N) is 1. The van der Waals surface area contributed by atoms with Crippen LogP contribution in [0.1, 0.15) is 39.2 Å². The third-order valence-corrected chi connectivity index (χ3v) is 4.94. The van der Waals surface area contributed by atoms with Gasteiger partial charge in [-0.2, -0.15) is 0 Å². The van der Waals surface area contributed by atoms with Gasteiger partial charge < -0.3 is 14.5 Å². The zero-order valence-corrected chi connectivity index (χ0v) is 14.1. The number of thiazole rings is 1. The first-order valence-corrected chi connectivity index (χ1v) is 8.16. The average molecular weight is 330 g/mol. The van der Waals surface area contributed by atoms with E-state index in [-0.39, 0.29) is 12.0 Å². The second kappa shape index (κ2) is 6.52. The van der Waals surface area contributed by atoms with E-state index in [1.54, 1.807) is 7.11 Å². The van der Waals surface area contributed by atoms with Gasteiger partial charge in [-0.15, -0.1) is 11.3 Å². The monoisotopic (exact) mass is 330 g/mol. The number of ether oxygens (including phenoxy) is 1. The van der Waals surface area contributed by atoms with Crippen molar-refractivity contribution in [2.75, 3.05) is 7.11 Å². The van der Waals surface area contributed by atoms with Crippen LogP contribution in [0.25, 0.3) is 11.0 Å². The highest BCUT2D eigenvalue weighted by molar-refractivity contribution is 7.13. The summed E-state index contributed by atoms with van der Waals surface area (Å²) in [6, 6.07) is 9.71. The Bertz CT molecular complexity index is 804. The summed E-state index contributed by atoms with van der Waals surface area (Å²) >= 11 is 1.36. The summed E-state index contributed by atoms with van der Waals surface area (Å²) in [5, 5.41) is 4.72. The van der Waals surface area contributed by atoms with Gasteiger partial charge in [-0.3, -0.25) is 4.79 Å². The van der Waals surface area contributed by atoms with Crippen molar-refractivity contribution < 1.29 is 13.9 Å². The van der Waals surface area contributed by atoms with E-state index in [1.165, 1.54) is 11.3 Å². The molecule has 120 valence electrons. The summed E-state index contributed by atoms with van der Waals surface area (Å²) in [5.41, 5.74) is 1.54. The highest BCUT2D eigenvalue weighted by Crippen LogP contribution is 2.25. The van der Waals surface area contributed by atoms with Crippen molar-refractivity contribution in [3.8, 4) is 0 Å². The number of aryl methyl sites for hydroxylation is 1. The number of methoxy groups -OCH3 is 1. The second-order valence-corrected chi connectivity index (χ2v) is 6.31. The van der Waals surface area contributed by atoms with Crippen LogP contribution in [-0.2, 0) is 11.3 Å². The zero-order valence-electron chi connectivity index (χ0n) is 13.3. The first kappa shape index (κ1) is 15.7. The fraction of sp³-hybridized carbons (Fsp3) is 0.294. The Morgan fingerprint density at radius 3 is 2.96 bits per heavy atom. The van der Waals surface area contributed by atoms with Crippen molar-refractivity contribution in [3.05, 3.63) is 51.7 Å². The molecule has 2 aromatic heterocycles. The Labute approximate surface area is 138 Å². The van der Waals surface area contributed by atoms with Crippen LogP contribution in [0.3, 0.4) is 0 Å². The van der Waals surface area contributed by atoms with E-state index in [1.807, 2.05) is 44.2 Å². The number of aromatic nitrogens is 1. The molecule has 5 nitrogen and oxygen atoms in total. The number of carbonyl (C=O) groups excluding carboxylic acids is 1. The first-order chi connectivity index (χ1) is 11.1. The maximum absolute atomic E-state index is 12.4. The SMILES string of the molecule is CO[C@H](C)c1nc(C)c(C(=O)NCc2cc3ccccc3o2)s1. The van der Waals surface area contributed by atoms with Gasteiger partial charge in [-0.05, 0) is 26.0 Å². The van der Waals surface area contributed by atoms with Crippen LogP contribution in [0.4, 0.5) is 0 Å². The van der Waals surface area contributed by atoms with Gasteiger partial charge in [0.25, 0.3) is 5.91 Å². The topological polar surface area (TPSA) is 64.4 Å². The predicted octanol–water partition coefficient (Wildman–Crippen LogP) is 3.84. The average Bonchev–Trinajstić information content (AvgIpc) is 3.14. The second-order valence-electron chi connectivity index (χ2n) is 5.28. The quantitative estimate of drug-likeness (QED) is 0.772. The molecule has 3 aromatic rings. The van der Waals surface area contributed by atoms with E-state index in [0.717, 1.165) is 27.4 Å². The highest BCUT2D eigenvalue weighted by atomic mass is 32.1. The molecule has 0 radical (unpaired) electrons. The molecular formula is C17H18N2O3S. The van der Waals surface area contributed by atoms with E-state index in [0.29, 0.717) is 11.4 Å². The van der Waals surface area contributed by atoms with Gasteiger partial charge in [0.05, 0.1) is 12.2 Å². The van der Waals surface area contributed by atoms with Crippen molar-refractivity contribution in [3.63, 3.8) is 0 Å². The molecule has 1 aromatic carbocycles. The Kier molecular flexibility index (Phi) is 4.45. The molecule has 23 heavy (non-hydrogen) atoms. The van der Waals surface area contributed by atoms with Gasteiger partial charge >= 0.3 is 0 Å². The Balaban J connectivity index is 1.70. The lowest BCUT2D eigenvalue weighted by Gasteiger charge is -2.03. The van der Waals surface area contributed by atoms with E-state index >= 15 is 0 Å². The van der Waals surface area contributed by atoms with Crippen LogP contribution >= 0.6 is 11.3 Å². The molecule has 1 atom stereocenters. The maximum Gasteiger partial charge on any atom is 0.263 e. The third-order valence-electron chi connectivity index (χ3n) is 3.62. The van der Waals surface area contributed by atoms with E-state index in [2.05, 4.69) is 10.3 Å². The minimum absolute atomic E-state index is 0.115. The summed E-state index contributed by atoms with van der Waals surface area (Å²) in [5.74, 6) is 0.585. The molecule has 0 unspecified atom stereocenters. The van der Waals surface area contributed by atoms with Crippen LogP contribution in [0.5, 0.6) is 0 Å². The van der Waals surface area contributed by atoms with E-state index < -0.39 is 0 Å². The number of furan rings is 1. The summed E-state index contributed by atoms with van der Waals surface area (Å²) in [4.78, 5) is 17.4. The number of rotatable bonds is 5. The predicted molar refractivity (Wildman–Crippen MR) is 89.7 cm³/mol. The molecule has 0 saturated heterocycles. The van der Waals surface area contributed by atoms with Gasteiger partial charge in [0.15, 0.2) is 0 Å². The molecule has 1 amide bonds. The number of amides is 1. The Morgan fingerprint density at radius 2 is 2.22 bits per heavy atom. The molecule has 0 saturated carbocycles. The van der Waals surface area contributed by atoms with Gasteiger partial charge in [0.1, 0.15) is 27.3 Å². The lowest BCUT2D eigenvalue weighted by Crippen LogP contribution is -2.22. The number of para-hydroxylation sites is 1. The molecular weight excluding hydrogens is 312 g/mol. The number of fused-ring (bicyclic) bond motifs is 1. The van der Waals surface area contributed by atoms with Crippen molar-refractivity contribution in [1.29, 1.82) is 0 Å². The van der Waals surface area contributed by atoms with Crippen molar-refractivity contribution >= 4 is 28.2 Å². The molecule has 0 spiro atoms. The van der Waals surface area contributed by atoms with Crippen LogP contribution in [-0.4, -0.2) is 18.0 Å². The molecule has 6 heteroatoms. The minimum atomic E-state index is -0.144. The summed E-state index contributed by atoms with van der Waals surface area (Å²) in [6.07, 6.45) is -0.115. The Morgan fingerprint density at radius 1 is 1.43 bits per heavy atom. The molecule has 0 aliphatic heterocycles. The molecule has 0 bridgehead atoms. The fourth-order valence-corrected chi connectivity index (χ4v) is 3.29. The lowest BCUT2D eigenvalue weighted by molar-refractivity contribution is 0.0951. The molecule has 2 heterocycles. The van der Waals surface area contributed by atoms with Gasteiger partial charge in [-0.1, -0.05) is 18.2 Å². The number of benzene rings is 1. The van der Waals surface area contributed by atoms with Gasteiger partial charge in [0, 0.05) is 12.5 Å². The molecule has 1 N–H and O–H groups in total. The lowest BCUT2D eigenvalue weighted by atomic mass is 10.2. The third kappa shape index (κ3) is 3.28. The summed E-state index contributed by atoms with van der Waals surface area (Å²) in [6.45, 7) is 4.09.